The van der Waals surface area contributed by atoms with Crippen LogP contribution in [0.15, 0.2) is 63.9 Å². The lowest BCUT2D eigenvalue weighted by molar-refractivity contribution is 1.44. The Hall–Kier alpha value is -1.67. The molecule has 1 aliphatic heterocycles. The Balaban J connectivity index is 2.37. The molecule has 3 rings (SSSR count). The second-order valence-corrected chi connectivity index (χ2v) is 5.25. The van der Waals surface area contributed by atoms with Crippen LogP contribution in [0.4, 0.5) is 0 Å². The number of rotatable bonds is 1. The zero-order valence-electron chi connectivity index (χ0n) is 8.71. The molecule has 0 amide bonds. The van der Waals surface area contributed by atoms with Crippen molar-refractivity contribution in [1.82, 2.24) is 0 Å². The molecule has 0 saturated carbocycles. The Morgan fingerprint density at radius 2 is 1.56 bits per heavy atom. The molecule has 0 saturated heterocycles. The van der Waals surface area contributed by atoms with Gasteiger partial charge in [-0.15, -0.1) is 0 Å². The molecular weight excluding hydrogens is 214 g/mol. The Labute approximate surface area is 96.8 Å². The summed E-state index contributed by atoms with van der Waals surface area (Å²) in [5, 5.41) is 1.28. The minimum Gasteiger partial charge on any atom is -0.226 e. The van der Waals surface area contributed by atoms with Crippen LogP contribution in [0.3, 0.4) is 0 Å². The Kier molecular flexibility index (Phi) is 2.43. The van der Waals surface area contributed by atoms with Gasteiger partial charge in [0.1, 0.15) is 0 Å². The molecule has 1 aliphatic rings. The first-order chi connectivity index (χ1) is 7.95. The smallest absolute Gasteiger partial charge is 0.0355 e. The highest BCUT2D eigenvalue weighted by molar-refractivity contribution is 8.08. The van der Waals surface area contributed by atoms with Crippen LogP contribution in [0.1, 0.15) is 0 Å². The highest BCUT2D eigenvalue weighted by Gasteiger charge is 2.01. The van der Waals surface area contributed by atoms with Crippen molar-refractivity contribution < 1.29 is 0 Å². The van der Waals surface area contributed by atoms with Gasteiger partial charge in [0.15, 0.2) is 0 Å². The Morgan fingerprint density at radius 3 is 2.44 bits per heavy atom. The van der Waals surface area contributed by atoms with E-state index < -0.39 is 0 Å². The minimum absolute atomic E-state index is 0.145. The van der Waals surface area contributed by atoms with Crippen molar-refractivity contribution in [1.29, 1.82) is 0 Å². The summed E-state index contributed by atoms with van der Waals surface area (Å²) in [6.45, 7) is 0. The highest BCUT2D eigenvalue weighted by atomic mass is 32.2. The number of fused-ring (bicyclic) bond motifs is 1. The van der Waals surface area contributed by atoms with Crippen LogP contribution in [0.25, 0.3) is 6.08 Å². The monoisotopic (exact) mass is 225 g/mol. The van der Waals surface area contributed by atoms with E-state index in [1.807, 2.05) is 12.3 Å². The van der Waals surface area contributed by atoms with Gasteiger partial charge in [-0.2, -0.15) is 0 Å². The third-order valence-electron chi connectivity index (χ3n) is 2.51. The number of benzene rings is 2. The summed E-state index contributed by atoms with van der Waals surface area (Å²) < 4.78 is 5.90. The summed E-state index contributed by atoms with van der Waals surface area (Å²) in [6, 6.07) is 18.9. The molecule has 1 unspecified atom stereocenters. The number of hydrogen-bond acceptors (Lipinski definition) is 1. The maximum absolute atomic E-state index is 4.59. The first kappa shape index (κ1) is 9.55. The molecule has 0 bridgehead atoms. The van der Waals surface area contributed by atoms with Crippen LogP contribution in [-0.4, -0.2) is 6.21 Å². The SMILES string of the molecule is C1=NS(c2ccccc2)=c2ccccc2=C1. The summed E-state index contributed by atoms with van der Waals surface area (Å²) in [5.74, 6) is 0. The predicted octanol–water partition coefficient (Wildman–Crippen LogP) is 3.05. The molecule has 0 aliphatic carbocycles. The van der Waals surface area contributed by atoms with E-state index in [-0.39, 0.29) is 10.7 Å². The lowest BCUT2D eigenvalue weighted by Crippen LogP contribution is -2.04. The predicted molar refractivity (Wildman–Crippen MR) is 70.2 cm³/mol. The van der Waals surface area contributed by atoms with E-state index in [0.717, 1.165) is 0 Å². The van der Waals surface area contributed by atoms with Gasteiger partial charge in [0.2, 0.25) is 0 Å². The standard InChI is InChI=1S/C14H11NS/c1-2-7-13(8-3-1)16-14-9-5-4-6-12(14)10-11-15-16/h1-11H. The lowest BCUT2D eigenvalue weighted by atomic mass is 10.3. The highest BCUT2D eigenvalue weighted by Crippen LogP contribution is 2.30. The molecule has 0 radical (unpaired) electrons. The van der Waals surface area contributed by atoms with Crippen molar-refractivity contribution in [2.24, 2.45) is 4.40 Å². The van der Waals surface area contributed by atoms with Gasteiger partial charge in [0, 0.05) is 15.6 Å². The van der Waals surface area contributed by atoms with Crippen LogP contribution in [0.5, 0.6) is 0 Å². The van der Waals surface area contributed by atoms with E-state index in [1.54, 1.807) is 0 Å². The second-order valence-electron chi connectivity index (χ2n) is 3.56. The zero-order chi connectivity index (χ0) is 10.8. The van der Waals surface area contributed by atoms with E-state index in [0.29, 0.717) is 0 Å². The second kappa shape index (κ2) is 4.06. The summed E-state index contributed by atoms with van der Waals surface area (Å²) in [5.41, 5.74) is 0. The van der Waals surface area contributed by atoms with Crippen LogP contribution >= 0.6 is 10.7 Å². The molecule has 1 nitrogen and oxygen atoms in total. The molecule has 2 heteroatoms. The van der Waals surface area contributed by atoms with E-state index in [9.17, 15) is 0 Å². The van der Waals surface area contributed by atoms with Crippen molar-refractivity contribution in [3.8, 4) is 0 Å². The Morgan fingerprint density at radius 1 is 0.812 bits per heavy atom. The van der Waals surface area contributed by atoms with Crippen molar-refractivity contribution in [3.05, 3.63) is 64.3 Å². The summed E-state index contributed by atoms with van der Waals surface area (Å²) in [4.78, 5) is 1.28. The fourth-order valence-corrected chi connectivity index (χ4v) is 3.41. The summed E-state index contributed by atoms with van der Waals surface area (Å²) >= 11 is 0. The third kappa shape index (κ3) is 1.61. The van der Waals surface area contributed by atoms with Crippen LogP contribution in [-0.2, 0) is 0 Å². The van der Waals surface area contributed by atoms with E-state index in [1.165, 1.54) is 14.6 Å². The van der Waals surface area contributed by atoms with E-state index in [2.05, 4.69) is 59.0 Å². The number of hydrogen-bond donors (Lipinski definition) is 0. The third-order valence-corrected chi connectivity index (χ3v) is 4.35. The molecule has 78 valence electrons. The normalized spacial score (nSPS) is 17.6. The van der Waals surface area contributed by atoms with Gasteiger partial charge in [-0.05, 0) is 40.2 Å². The molecular formula is C14H11NS. The molecule has 0 spiro atoms. The maximum Gasteiger partial charge on any atom is 0.0355 e. The van der Waals surface area contributed by atoms with Gasteiger partial charge < -0.3 is 0 Å². The van der Waals surface area contributed by atoms with Gasteiger partial charge in [0.25, 0.3) is 0 Å². The van der Waals surface area contributed by atoms with Crippen molar-refractivity contribution >= 4 is 23.0 Å². The number of nitrogens with zero attached hydrogens (tertiary/aromatic N) is 1. The van der Waals surface area contributed by atoms with Crippen LogP contribution in [0.2, 0.25) is 0 Å². The zero-order valence-corrected chi connectivity index (χ0v) is 9.52. The van der Waals surface area contributed by atoms with Crippen LogP contribution < -0.4 is 5.22 Å². The van der Waals surface area contributed by atoms with Gasteiger partial charge in [-0.1, -0.05) is 36.4 Å². The fourth-order valence-electron chi connectivity index (χ4n) is 1.76. The molecule has 1 heterocycles. The molecule has 0 fully saturated rings. The molecule has 2 aromatic carbocycles. The average Bonchev–Trinajstić information content (AvgIpc) is 2.39. The van der Waals surface area contributed by atoms with Crippen molar-refractivity contribution in [2.75, 3.05) is 0 Å². The Bertz CT molecular complexity index is 657. The molecule has 0 aromatic heterocycles. The molecule has 1 atom stereocenters. The van der Waals surface area contributed by atoms with Crippen LogP contribution in [0, 0.1) is 4.51 Å². The molecule has 0 N–H and O–H groups in total. The van der Waals surface area contributed by atoms with E-state index >= 15 is 0 Å². The van der Waals surface area contributed by atoms with Crippen molar-refractivity contribution in [2.45, 2.75) is 4.90 Å². The summed E-state index contributed by atoms with van der Waals surface area (Å²) in [7, 11) is -0.145. The first-order valence-electron chi connectivity index (χ1n) is 5.21. The van der Waals surface area contributed by atoms with Gasteiger partial charge >= 0.3 is 0 Å². The van der Waals surface area contributed by atoms with Crippen molar-refractivity contribution in [3.63, 3.8) is 0 Å². The maximum atomic E-state index is 4.59. The van der Waals surface area contributed by atoms with Gasteiger partial charge in [0.05, 0.1) is 0 Å². The van der Waals surface area contributed by atoms with E-state index in [4.69, 9.17) is 0 Å². The fraction of sp³-hybridized carbons (Fsp3) is 0. The van der Waals surface area contributed by atoms with Gasteiger partial charge in [-0.3, -0.25) is 0 Å². The minimum atomic E-state index is -0.145. The molecule has 16 heavy (non-hydrogen) atoms. The quantitative estimate of drug-likeness (QED) is 0.661. The lowest BCUT2D eigenvalue weighted by Gasteiger charge is -2.06. The average molecular weight is 225 g/mol. The topological polar surface area (TPSA) is 12.4 Å². The molecule has 2 aromatic rings. The van der Waals surface area contributed by atoms with Gasteiger partial charge in [-0.25, -0.2) is 4.40 Å². The first-order valence-corrected chi connectivity index (χ1v) is 6.39. The summed E-state index contributed by atoms with van der Waals surface area (Å²) in [6.07, 6.45) is 3.99. The largest absolute Gasteiger partial charge is 0.226 e.